The molecule has 2 unspecified atom stereocenters. The third-order valence-electron chi connectivity index (χ3n) is 3.91. The van der Waals surface area contributed by atoms with Crippen molar-refractivity contribution in [1.29, 1.82) is 0 Å². The van der Waals surface area contributed by atoms with Gasteiger partial charge in [0.25, 0.3) is 0 Å². The van der Waals surface area contributed by atoms with E-state index in [4.69, 9.17) is 9.47 Å². The fraction of sp³-hybridized carbons (Fsp3) is 0.350. The van der Waals surface area contributed by atoms with Gasteiger partial charge in [-0.05, 0) is 43.2 Å². The molecule has 2 aromatic rings. The zero-order valence-electron chi connectivity index (χ0n) is 14.5. The highest BCUT2D eigenvalue weighted by atomic mass is 16.5. The third kappa shape index (κ3) is 5.01. The number of methoxy groups -OCH3 is 1. The molecule has 4 nitrogen and oxygen atoms in total. The number of benzene rings is 2. The predicted octanol–water partition coefficient (Wildman–Crippen LogP) is 4.44. The largest absolute Gasteiger partial charge is 0.497 e. The van der Waals surface area contributed by atoms with Gasteiger partial charge in [-0.25, -0.2) is 0 Å². The smallest absolute Gasteiger partial charge is 0.308 e. The van der Waals surface area contributed by atoms with Crippen LogP contribution in [0.25, 0.3) is 0 Å². The van der Waals surface area contributed by atoms with Gasteiger partial charge in [-0.2, -0.15) is 0 Å². The molecule has 2 aromatic carbocycles. The van der Waals surface area contributed by atoms with Crippen molar-refractivity contribution < 1.29 is 14.3 Å². The molecule has 0 aliphatic carbocycles. The Morgan fingerprint density at radius 2 is 1.75 bits per heavy atom. The molecule has 0 bridgehead atoms. The highest BCUT2D eigenvalue weighted by Gasteiger charge is 2.21. The number of rotatable bonds is 8. The van der Waals surface area contributed by atoms with Gasteiger partial charge >= 0.3 is 5.97 Å². The normalized spacial score (nSPS) is 13.0. The van der Waals surface area contributed by atoms with Gasteiger partial charge in [-0.3, -0.25) is 4.79 Å². The standard InChI is InChI=1S/C20H25NO3/c1-4-24-20(22)15(2)14-19(16-8-6-5-7-9-16)21-17-10-12-18(23-3)13-11-17/h5-13,15,19,21H,4,14H2,1-3H3. The second-order valence-corrected chi connectivity index (χ2v) is 5.72. The molecule has 0 saturated carbocycles. The summed E-state index contributed by atoms with van der Waals surface area (Å²) in [5.41, 5.74) is 2.13. The van der Waals surface area contributed by atoms with Crippen LogP contribution in [0.4, 0.5) is 5.69 Å². The van der Waals surface area contributed by atoms with E-state index in [1.807, 2.05) is 56.3 Å². The van der Waals surface area contributed by atoms with Crippen molar-refractivity contribution in [2.75, 3.05) is 19.0 Å². The van der Waals surface area contributed by atoms with E-state index in [-0.39, 0.29) is 17.9 Å². The topological polar surface area (TPSA) is 47.6 Å². The molecule has 128 valence electrons. The van der Waals surface area contributed by atoms with Crippen LogP contribution in [0.3, 0.4) is 0 Å². The Kier molecular flexibility index (Phi) is 6.67. The van der Waals surface area contributed by atoms with Crippen molar-refractivity contribution >= 4 is 11.7 Å². The van der Waals surface area contributed by atoms with Crippen molar-refractivity contribution in [3.63, 3.8) is 0 Å². The van der Waals surface area contributed by atoms with E-state index < -0.39 is 0 Å². The molecule has 0 amide bonds. The van der Waals surface area contributed by atoms with E-state index in [0.29, 0.717) is 13.0 Å². The molecule has 0 heterocycles. The van der Waals surface area contributed by atoms with Crippen LogP contribution in [0.2, 0.25) is 0 Å². The SMILES string of the molecule is CCOC(=O)C(C)CC(Nc1ccc(OC)cc1)c1ccccc1. The van der Waals surface area contributed by atoms with Crippen molar-refractivity contribution in [1.82, 2.24) is 0 Å². The molecule has 2 rings (SSSR count). The van der Waals surface area contributed by atoms with Crippen molar-refractivity contribution in [2.24, 2.45) is 5.92 Å². The maximum Gasteiger partial charge on any atom is 0.308 e. The van der Waals surface area contributed by atoms with Crippen LogP contribution in [0, 0.1) is 5.92 Å². The molecule has 0 aromatic heterocycles. The molecule has 0 aliphatic rings. The summed E-state index contributed by atoms with van der Waals surface area (Å²) in [5, 5.41) is 3.51. The summed E-state index contributed by atoms with van der Waals surface area (Å²) < 4.78 is 10.3. The Balaban J connectivity index is 2.15. The highest BCUT2D eigenvalue weighted by molar-refractivity contribution is 5.72. The zero-order chi connectivity index (χ0) is 17.4. The molecular formula is C20H25NO3. The first-order chi connectivity index (χ1) is 11.6. The molecule has 0 saturated heterocycles. The fourth-order valence-electron chi connectivity index (χ4n) is 2.59. The molecule has 24 heavy (non-hydrogen) atoms. The van der Waals surface area contributed by atoms with Gasteiger partial charge in [0.2, 0.25) is 0 Å². The molecule has 1 N–H and O–H groups in total. The van der Waals surface area contributed by atoms with Gasteiger partial charge in [0.15, 0.2) is 0 Å². The van der Waals surface area contributed by atoms with Gasteiger partial charge < -0.3 is 14.8 Å². The fourth-order valence-corrected chi connectivity index (χ4v) is 2.59. The van der Waals surface area contributed by atoms with E-state index in [1.54, 1.807) is 7.11 Å². The zero-order valence-corrected chi connectivity index (χ0v) is 14.5. The van der Waals surface area contributed by atoms with Gasteiger partial charge in [0.1, 0.15) is 5.75 Å². The van der Waals surface area contributed by atoms with Crippen LogP contribution in [-0.4, -0.2) is 19.7 Å². The second-order valence-electron chi connectivity index (χ2n) is 5.72. The molecule has 0 spiro atoms. The van der Waals surface area contributed by atoms with Crippen LogP contribution >= 0.6 is 0 Å². The maximum atomic E-state index is 12.0. The predicted molar refractivity (Wildman–Crippen MR) is 96.2 cm³/mol. The lowest BCUT2D eigenvalue weighted by molar-refractivity contribution is -0.147. The summed E-state index contributed by atoms with van der Waals surface area (Å²) in [4.78, 5) is 12.0. The Labute approximate surface area is 143 Å². The average molecular weight is 327 g/mol. The molecule has 0 fully saturated rings. The molecule has 0 radical (unpaired) electrons. The summed E-state index contributed by atoms with van der Waals surface area (Å²) in [6, 6.07) is 18.0. The number of carbonyl (C=O) groups is 1. The minimum atomic E-state index is -0.180. The van der Waals surface area contributed by atoms with Gasteiger partial charge in [0.05, 0.1) is 25.7 Å². The average Bonchev–Trinajstić information content (AvgIpc) is 2.62. The Hall–Kier alpha value is -2.49. The van der Waals surface area contributed by atoms with Gasteiger partial charge in [-0.1, -0.05) is 37.3 Å². The minimum Gasteiger partial charge on any atom is -0.497 e. The molecule has 2 atom stereocenters. The lowest BCUT2D eigenvalue weighted by Crippen LogP contribution is -2.21. The summed E-state index contributed by atoms with van der Waals surface area (Å²) in [6.45, 7) is 4.14. The minimum absolute atomic E-state index is 0.0269. The first-order valence-electron chi connectivity index (χ1n) is 8.26. The molecule has 0 aliphatic heterocycles. The second kappa shape index (κ2) is 8.96. The summed E-state index contributed by atoms with van der Waals surface area (Å²) in [5.74, 6) is 0.479. The Bertz CT molecular complexity index is 625. The number of hydrogen-bond acceptors (Lipinski definition) is 4. The van der Waals surface area contributed by atoms with E-state index >= 15 is 0 Å². The first-order valence-corrected chi connectivity index (χ1v) is 8.26. The summed E-state index contributed by atoms with van der Waals surface area (Å²) >= 11 is 0. The maximum absolute atomic E-state index is 12.0. The monoisotopic (exact) mass is 327 g/mol. The van der Waals surface area contributed by atoms with E-state index in [0.717, 1.165) is 17.0 Å². The van der Waals surface area contributed by atoms with Gasteiger partial charge in [-0.15, -0.1) is 0 Å². The highest BCUT2D eigenvalue weighted by Crippen LogP contribution is 2.27. The van der Waals surface area contributed by atoms with E-state index in [9.17, 15) is 4.79 Å². The third-order valence-corrected chi connectivity index (χ3v) is 3.91. The van der Waals surface area contributed by atoms with Crippen molar-refractivity contribution in [3.8, 4) is 5.75 Å². The lowest BCUT2D eigenvalue weighted by atomic mass is 9.95. The summed E-state index contributed by atoms with van der Waals surface area (Å²) in [7, 11) is 1.65. The number of esters is 1. The number of carbonyl (C=O) groups excluding carboxylic acids is 1. The Morgan fingerprint density at radius 3 is 2.33 bits per heavy atom. The van der Waals surface area contributed by atoms with Crippen LogP contribution in [-0.2, 0) is 9.53 Å². The number of ether oxygens (including phenoxy) is 2. The molecular weight excluding hydrogens is 302 g/mol. The van der Waals surface area contributed by atoms with Gasteiger partial charge in [0, 0.05) is 5.69 Å². The van der Waals surface area contributed by atoms with Crippen LogP contribution < -0.4 is 10.1 Å². The lowest BCUT2D eigenvalue weighted by Gasteiger charge is -2.23. The molecule has 4 heteroatoms. The van der Waals surface area contributed by atoms with Crippen LogP contribution in [0.1, 0.15) is 31.9 Å². The number of hydrogen-bond donors (Lipinski definition) is 1. The van der Waals surface area contributed by atoms with E-state index in [2.05, 4.69) is 17.4 Å². The number of anilines is 1. The van der Waals surface area contributed by atoms with Crippen LogP contribution in [0.5, 0.6) is 5.75 Å². The van der Waals surface area contributed by atoms with Crippen LogP contribution in [0.15, 0.2) is 54.6 Å². The van der Waals surface area contributed by atoms with E-state index in [1.165, 1.54) is 0 Å². The Morgan fingerprint density at radius 1 is 1.08 bits per heavy atom. The van der Waals surface area contributed by atoms with Crippen molar-refractivity contribution in [2.45, 2.75) is 26.3 Å². The quantitative estimate of drug-likeness (QED) is 0.728. The summed E-state index contributed by atoms with van der Waals surface area (Å²) in [6.07, 6.45) is 0.662. The first kappa shape index (κ1) is 17.9. The van der Waals surface area contributed by atoms with Crippen molar-refractivity contribution in [3.05, 3.63) is 60.2 Å². The number of nitrogens with one attached hydrogen (secondary N) is 1.